The molecule has 148 valence electrons. The average molecular weight is 449 g/mol. The number of amides is 2. The molecular formula is C20H14Cl2N2O4S. The molecule has 0 aliphatic heterocycles. The van der Waals surface area contributed by atoms with Gasteiger partial charge in [-0.2, -0.15) is 0 Å². The first-order valence-corrected chi connectivity index (χ1v) is 10.5. The third kappa shape index (κ3) is 4.95. The number of nitrogens with one attached hydrogen (secondary N) is 2. The van der Waals surface area contributed by atoms with Gasteiger partial charge in [-0.3, -0.25) is 9.59 Å². The van der Waals surface area contributed by atoms with E-state index in [1.807, 2.05) is 4.72 Å². The minimum absolute atomic E-state index is 0.0280. The van der Waals surface area contributed by atoms with E-state index < -0.39 is 26.7 Å². The zero-order chi connectivity index (χ0) is 21.0. The molecule has 0 heterocycles. The van der Waals surface area contributed by atoms with Crippen molar-refractivity contribution in [3.63, 3.8) is 0 Å². The van der Waals surface area contributed by atoms with Crippen LogP contribution in [-0.4, -0.2) is 20.2 Å². The fourth-order valence-electron chi connectivity index (χ4n) is 2.48. The van der Waals surface area contributed by atoms with Gasteiger partial charge in [0.25, 0.3) is 21.8 Å². The second-order valence-corrected chi connectivity index (χ2v) is 8.38. The van der Waals surface area contributed by atoms with E-state index in [1.54, 1.807) is 48.5 Å². The fraction of sp³-hybridized carbons (Fsp3) is 0. The van der Waals surface area contributed by atoms with Crippen LogP contribution in [0.2, 0.25) is 10.0 Å². The van der Waals surface area contributed by atoms with Gasteiger partial charge in [0.2, 0.25) is 0 Å². The summed E-state index contributed by atoms with van der Waals surface area (Å²) < 4.78 is 27.7. The molecule has 29 heavy (non-hydrogen) atoms. The third-order valence-electron chi connectivity index (χ3n) is 3.85. The molecule has 0 aliphatic rings. The topological polar surface area (TPSA) is 92.3 Å². The zero-order valence-corrected chi connectivity index (χ0v) is 17.1. The summed E-state index contributed by atoms with van der Waals surface area (Å²) in [6.07, 6.45) is 0. The minimum atomic E-state index is -4.39. The largest absolute Gasteiger partial charge is 0.319 e. The Morgan fingerprint density at radius 2 is 1.28 bits per heavy atom. The van der Waals surface area contributed by atoms with Crippen molar-refractivity contribution in [1.82, 2.24) is 4.72 Å². The summed E-state index contributed by atoms with van der Waals surface area (Å²) in [7, 11) is -4.39. The number of carbonyl (C=O) groups is 2. The zero-order valence-electron chi connectivity index (χ0n) is 14.7. The van der Waals surface area contributed by atoms with Crippen molar-refractivity contribution in [1.29, 1.82) is 0 Å². The summed E-state index contributed by atoms with van der Waals surface area (Å²) >= 11 is 12.1. The van der Waals surface area contributed by atoms with E-state index in [-0.39, 0.29) is 21.3 Å². The number of halogens is 2. The summed E-state index contributed by atoms with van der Waals surface area (Å²) in [5.41, 5.74) is 0.271. The molecule has 0 saturated carbocycles. The predicted octanol–water partition coefficient (Wildman–Crippen LogP) is 4.36. The molecule has 0 atom stereocenters. The minimum Gasteiger partial charge on any atom is -0.319 e. The highest BCUT2D eigenvalue weighted by Crippen LogP contribution is 2.33. The number of rotatable bonds is 5. The van der Waals surface area contributed by atoms with Crippen LogP contribution in [0, 0.1) is 0 Å². The lowest BCUT2D eigenvalue weighted by Crippen LogP contribution is -2.31. The van der Waals surface area contributed by atoms with E-state index in [9.17, 15) is 18.0 Å². The molecule has 9 heteroatoms. The Hall–Kier alpha value is -2.87. The molecule has 6 nitrogen and oxygen atoms in total. The average Bonchev–Trinajstić information content (AvgIpc) is 2.70. The second-order valence-electron chi connectivity index (χ2n) is 5.88. The summed E-state index contributed by atoms with van der Waals surface area (Å²) in [5, 5.41) is 2.42. The van der Waals surface area contributed by atoms with E-state index in [2.05, 4.69) is 5.32 Å². The van der Waals surface area contributed by atoms with Gasteiger partial charge in [-0.15, -0.1) is 0 Å². The van der Waals surface area contributed by atoms with Crippen LogP contribution < -0.4 is 10.0 Å². The summed E-state index contributed by atoms with van der Waals surface area (Å²) in [4.78, 5) is 24.4. The molecule has 0 radical (unpaired) electrons. The maximum atomic E-state index is 12.9. The van der Waals surface area contributed by atoms with Crippen LogP contribution in [-0.2, 0) is 10.0 Å². The molecule has 0 bridgehead atoms. The summed E-state index contributed by atoms with van der Waals surface area (Å²) in [5.74, 6) is -1.40. The van der Waals surface area contributed by atoms with Crippen LogP contribution in [0.3, 0.4) is 0 Å². The molecule has 0 unspecified atom stereocenters. The summed E-state index contributed by atoms with van der Waals surface area (Å²) in [6.45, 7) is 0. The first-order valence-electron chi connectivity index (χ1n) is 8.25. The first kappa shape index (κ1) is 20.9. The lowest BCUT2D eigenvalue weighted by atomic mass is 10.2. The Bertz CT molecular complexity index is 1170. The van der Waals surface area contributed by atoms with Gasteiger partial charge in [-0.1, -0.05) is 59.6 Å². The third-order valence-corrected chi connectivity index (χ3v) is 5.72. The monoisotopic (exact) mass is 448 g/mol. The van der Waals surface area contributed by atoms with Crippen molar-refractivity contribution >= 4 is 50.7 Å². The van der Waals surface area contributed by atoms with Gasteiger partial charge in [0.15, 0.2) is 0 Å². The molecule has 0 spiro atoms. The van der Waals surface area contributed by atoms with Crippen molar-refractivity contribution in [2.75, 3.05) is 5.32 Å². The Labute approximate surface area is 177 Å². The van der Waals surface area contributed by atoms with Crippen LogP contribution in [0.15, 0.2) is 77.7 Å². The number of carbonyl (C=O) groups excluding carboxylic acids is 2. The lowest BCUT2D eigenvalue weighted by Gasteiger charge is -2.15. The highest BCUT2D eigenvalue weighted by molar-refractivity contribution is 7.90. The smallest absolute Gasteiger partial charge is 0.266 e. The molecule has 3 aromatic carbocycles. The van der Waals surface area contributed by atoms with Crippen LogP contribution in [0.1, 0.15) is 20.7 Å². The van der Waals surface area contributed by atoms with Crippen LogP contribution >= 0.6 is 23.2 Å². The van der Waals surface area contributed by atoms with Gasteiger partial charge in [0.1, 0.15) is 4.90 Å². The van der Waals surface area contributed by atoms with Gasteiger partial charge in [0, 0.05) is 16.1 Å². The molecular weight excluding hydrogens is 435 g/mol. The van der Waals surface area contributed by atoms with Crippen molar-refractivity contribution in [3.8, 4) is 0 Å². The Morgan fingerprint density at radius 3 is 1.83 bits per heavy atom. The van der Waals surface area contributed by atoms with Crippen molar-refractivity contribution in [2.24, 2.45) is 0 Å². The number of hydrogen-bond acceptors (Lipinski definition) is 4. The van der Waals surface area contributed by atoms with E-state index in [0.29, 0.717) is 5.56 Å². The normalized spacial score (nSPS) is 11.0. The number of hydrogen-bond donors (Lipinski definition) is 2. The van der Waals surface area contributed by atoms with Gasteiger partial charge in [-0.05, 0) is 36.4 Å². The molecule has 2 N–H and O–H groups in total. The van der Waals surface area contributed by atoms with Gasteiger partial charge < -0.3 is 5.32 Å². The first-order chi connectivity index (χ1) is 13.8. The van der Waals surface area contributed by atoms with Crippen LogP contribution in [0.25, 0.3) is 0 Å². The summed E-state index contributed by atoms with van der Waals surface area (Å²) in [6, 6.07) is 18.4. The second kappa shape index (κ2) is 8.65. The highest BCUT2D eigenvalue weighted by atomic mass is 35.5. The number of sulfonamides is 1. The van der Waals surface area contributed by atoms with E-state index in [4.69, 9.17) is 23.2 Å². The van der Waals surface area contributed by atoms with Crippen molar-refractivity contribution in [3.05, 3.63) is 94.0 Å². The van der Waals surface area contributed by atoms with Gasteiger partial charge in [0.05, 0.1) is 10.7 Å². The fourth-order valence-corrected chi connectivity index (χ4v) is 4.33. The van der Waals surface area contributed by atoms with E-state index in [0.717, 1.165) is 6.07 Å². The molecule has 0 aliphatic carbocycles. The molecule has 3 aromatic rings. The predicted molar refractivity (Wildman–Crippen MR) is 112 cm³/mol. The molecule has 0 fully saturated rings. The maximum Gasteiger partial charge on any atom is 0.266 e. The Kier molecular flexibility index (Phi) is 6.22. The SMILES string of the molecule is O=C(Nc1c(Cl)cc(Cl)cc1S(=O)(=O)NC(=O)c1ccccc1)c1ccccc1. The Balaban J connectivity index is 1.97. The maximum absolute atomic E-state index is 12.9. The van der Waals surface area contributed by atoms with Gasteiger partial charge >= 0.3 is 0 Å². The molecule has 0 saturated heterocycles. The van der Waals surface area contributed by atoms with Crippen molar-refractivity contribution < 1.29 is 18.0 Å². The van der Waals surface area contributed by atoms with Crippen molar-refractivity contribution in [2.45, 2.75) is 4.90 Å². The van der Waals surface area contributed by atoms with Crippen LogP contribution in [0.5, 0.6) is 0 Å². The number of anilines is 1. The van der Waals surface area contributed by atoms with E-state index >= 15 is 0 Å². The number of benzene rings is 3. The standard InChI is InChI=1S/C20H14Cl2N2O4S/c21-15-11-16(22)18(23-19(25)13-7-3-1-4-8-13)17(12-15)29(27,28)24-20(26)14-9-5-2-6-10-14/h1-12H,(H,23,25)(H,24,26). The van der Waals surface area contributed by atoms with E-state index in [1.165, 1.54) is 18.2 Å². The molecule has 0 aromatic heterocycles. The quantitative estimate of drug-likeness (QED) is 0.605. The van der Waals surface area contributed by atoms with Crippen LogP contribution in [0.4, 0.5) is 5.69 Å². The Morgan fingerprint density at radius 1 is 0.759 bits per heavy atom. The van der Waals surface area contributed by atoms with Gasteiger partial charge in [-0.25, -0.2) is 13.1 Å². The lowest BCUT2D eigenvalue weighted by molar-refractivity contribution is 0.0980. The molecule has 2 amide bonds. The molecule has 3 rings (SSSR count). The highest BCUT2D eigenvalue weighted by Gasteiger charge is 2.26.